The molecule has 0 bridgehead atoms. The lowest BCUT2D eigenvalue weighted by Crippen LogP contribution is -2.52. The van der Waals surface area contributed by atoms with Gasteiger partial charge in [-0.25, -0.2) is 0 Å². The van der Waals surface area contributed by atoms with Crippen molar-refractivity contribution in [3.05, 3.63) is 54.4 Å². The molecule has 1 heterocycles. The van der Waals surface area contributed by atoms with E-state index in [9.17, 15) is 9.90 Å². The third-order valence-electron chi connectivity index (χ3n) is 4.54. The van der Waals surface area contributed by atoms with Gasteiger partial charge in [0, 0.05) is 18.3 Å². The second-order valence-electron chi connectivity index (χ2n) is 6.51. The molecule has 1 aliphatic rings. The fourth-order valence-corrected chi connectivity index (χ4v) is 3.15. The van der Waals surface area contributed by atoms with Gasteiger partial charge in [0.1, 0.15) is 30.3 Å². The number of rotatable bonds is 7. The summed E-state index contributed by atoms with van der Waals surface area (Å²) in [5.41, 5.74) is 5.92. The number of benzene rings is 1. The Balaban J connectivity index is 1.58. The van der Waals surface area contributed by atoms with Crippen LogP contribution in [0.5, 0.6) is 11.5 Å². The predicted molar refractivity (Wildman–Crippen MR) is 101 cm³/mol. The summed E-state index contributed by atoms with van der Waals surface area (Å²) >= 11 is 0. The van der Waals surface area contributed by atoms with E-state index in [1.807, 2.05) is 0 Å². The maximum absolute atomic E-state index is 12.5. The number of hydrogen-bond acceptors (Lipinski definition) is 6. The fourth-order valence-electron chi connectivity index (χ4n) is 3.15. The number of pyridine rings is 1. The molecule has 2 aromatic rings. The van der Waals surface area contributed by atoms with Crippen LogP contribution in [-0.4, -0.2) is 47.4 Å². The van der Waals surface area contributed by atoms with E-state index >= 15 is 0 Å². The predicted octanol–water partition coefficient (Wildman–Crippen LogP) is 1.51. The first-order chi connectivity index (χ1) is 13.2. The monoisotopic (exact) mass is 371 g/mol. The molecule has 3 atom stereocenters. The largest absolute Gasteiger partial charge is 0.492 e. The molecule has 4 N–H and O–H groups in total. The van der Waals surface area contributed by atoms with Crippen LogP contribution >= 0.6 is 0 Å². The van der Waals surface area contributed by atoms with Crippen molar-refractivity contribution in [2.75, 3.05) is 13.2 Å². The summed E-state index contributed by atoms with van der Waals surface area (Å²) < 4.78 is 11.3. The minimum Gasteiger partial charge on any atom is -0.492 e. The Kier molecular flexibility index (Phi) is 6.62. The second-order valence-corrected chi connectivity index (χ2v) is 6.51. The lowest BCUT2D eigenvalue weighted by atomic mass is 9.89. The Hall–Kier alpha value is -2.64. The number of hydrogen-bond donors (Lipinski definition) is 3. The van der Waals surface area contributed by atoms with Gasteiger partial charge in [0.2, 0.25) is 0 Å². The highest BCUT2D eigenvalue weighted by atomic mass is 16.5. The zero-order valence-corrected chi connectivity index (χ0v) is 15.1. The molecule has 0 saturated heterocycles. The molecule has 0 radical (unpaired) electrons. The first-order valence-electron chi connectivity index (χ1n) is 9.16. The van der Waals surface area contributed by atoms with Gasteiger partial charge in [-0.05, 0) is 55.7 Å². The average molecular weight is 371 g/mol. The van der Waals surface area contributed by atoms with Gasteiger partial charge in [-0.1, -0.05) is 0 Å². The first kappa shape index (κ1) is 19.1. The van der Waals surface area contributed by atoms with Crippen molar-refractivity contribution in [2.24, 2.45) is 5.73 Å². The zero-order valence-electron chi connectivity index (χ0n) is 15.1. The van der Waals surface area contributed by atoms with E-state index in [-0.39, 0.29) is 18.1 Å². The van der Waals surface area contributed by atoms with Gasteiger partial charge >= 0.3 is 0 Å². The number of nitrogens with one attached hydrogen (secondary N) is 1. The minimum absolute atomic E-state index is 0.230. The third kappa shape index (κ3) is 5.18. The van der Waals surface area contributed by atoms with Crippen LogP contribution in [0.2, 0.25) is 0 Å². The van der Waals surface area contributed by atoms with Gasteiger partial charge in [0.25, 0.3) is 5.91 Å². The number of carbonyl (C=O) groups is 1. The molecule has 0 spiro atoms. The molecular formula is C20H25N3O4. The second kappa shape index (κ2) is 9.34. The fraction of sp³-hybridized carbons (Fsp3) is 0.400. The molecule has 3 rings (SSSR count). The van der Waals surface area contributed by atoms with Crippen LogP contribution in [0.25, 0.3) is 0 Å². The maximum atomic E-state index is 12.5. The van der Waals surface area contributed by atoms with Crippen molar-refractivity contribution < 1.29 is 19.4 Å². The Bertz CT molecular complexity index is 724. The molecule has 27 heavy (non-hydrogen) atoms. The van der Waals surface area contributed by atoms with Crippen molar-refractivity contribution in [2.45, 2.75) is 37.5 Å². The molecule has 1 aromatic carbocycles. The number of carbonyl (C=O) groups excluding carboxylic acids is 1. The van der Waals surface area contributed by atoms with Gasteiger partial charge in [0.15, 0.2) is 0 Å². The molecule has 0 aliphatic heterocycles. The highest BCUT2D eigenvalue weighted by Gasteiger charge is 2.34. The van der Waals surface area contributed by atoms with Crippen molar-refractivity contribution in [1.29, 1.82) is 0 Å². The molecular weight excluding hydrogens is 346 g/mol. The van der Waals surface area contributed by atoms with Crippen molar-refractivity contribution in [3.8, 4) is 11.5 Å². The van der Waals surface area contributed by atoms with Gasteiger partial charge in [-0.15, -0.1) is 0 Å². The maximum Gasteiger partial charge on any atom is 0.251 e. The molecule has 1 aliphatic carbocycles. The quantitative estimate of drug-likeness (QED) is 0.681. The number of amides is 1. The summed E-state index contributed by atoms with van der Waals surface area (Å²) in [6, 6.07) is 10.1. The molecule has 7 heteroatoms. The Morgan fingerprint density at radius 3 is 2.74 bits per heavy atom. The molecule has 144 valence electrons. The first-order valence-corrected chi connectivity index (χ1v) is 9.16. The van der Waals surface area contributed by atoms with Crippen LogP contribution in [0.3, 0.4) is 0 Å². The number of aliphatic hydroxyl groups is 1. The highest BCUT2D eigenvalue weighted by Crippen LogP contribution is 2.24. The van der Waals surface area contributed by atoms with Crippen LogP contribution in [0.1, 0.15) is 29.6 Å². The van der Waals surface area contributed by atoms with Crippen molar-refractivity contribution in [1.82, 2.24) is 10.3 Å². The summed E-state index contributed by atoms with van der Waals surface area (Å²) in [5, 5.41) is 13.6. The van der Waals surface area contributed by atoms with Gasteiger partial charge in [-0.3, -0.25) is 9.78 Å². The molecule has 1 saturated carbocycles. The van der Waals surface area contributed by atoms with Crippen LogP contribution in [0.4, 0.5) is 0 Å². The normalized spacial score (nSPS) is 22.1. The van der Waals surface area contributed by atoms with Crippen LogP contribution in [0.15, 0.2) is 48.8 Å². The number of nitrogens with zero attached hydrogens (tertiary/aromatic N) is 1. The van der Waals surface area contributed by atoms with Gasteiger partial charge in [-0.2, -0.15) is 0 Å². The van der Waals surface area contributed by atoms with E-state index in [4.69, 9.17) is 15.2 Å². The number of nitrogens with two attached hydrogens (primary N) is 1. The zero-order chi connectivity index (χ0) is 19.1. The third-order valence-corrected chi connectivity index (χ3v) is 4.54. The van der Waals surface area contributed by atoms with Crippen molar-refractivity contribution in [3.63, 3.8) is 0 Å². The molecule has 1 aromatic heterocycles. The summed E-state index contributed by atoms with van der Waals surface area (Å²) in [6.07, 6.45) is 4.42. The lowest BCUT2D eigenvalue weighted by Gasteiger charge is -2.35. The van der Waals surface area contributed by atoms with Crippen LogP contribution < -0.4 is 20.5 Å². The Morgan fingerprint density at radius 1 is 1.22 bits per heavy atom. The summed E-state index contributed by atoms with van der Waals surface area (Å²) in [5.74, 6) is 1.05. The molecule has 1 amide bonds. The molecule has 7 nitrogen and oxygen atoms in total. The van der Waals surface area contributed by atoms with E-state index in [0.717, 1.165) is 12.8 Å². The van der Waals surface area contributed by atoms with E-state index in [0.29, 0.717) is 36.6 Å². The summed E-state index contributed by atoms with van der Waals surface area (Å²) in [4.78, 5) is 16.5. The van der Waals surface area contributed by atoms with Crippen LogP contribution in [0, 0.1) is 0 Å². The van der Waals surface area contributed by atoms with E-state index in [1.54, 1.807) is 48.8 Å². The summed E-state index contributed by atoms with van der Waals surface area (Å²) in [6.45, 7) is 0.863. The number of aliphatic hydroxyl groups excluding tert-OH is 1. The number of aromatic nitrogens is 1. The van der Waals surface area contributed by atoms with Gasteiger partial charge in [0.05, 0.1) is 12.2 Å². The van der Waals surface area contributed by atoms with E-state index in [2.05, 4.69) is 10.3 Å². The standard InChI is InChI=1S/C20H25N3O4/c21-10-12-26-15-8-6-14(7-9-15)20(25)23-17-4-1-5-18(19(17)24)27-16-3-2-11-22-13-16/h2-3,6-9,11,13,17-19,24H,1,4-5,10,12,21H2,(H,23,25)/t17-,18-,19-/m1/s1. The Morgan fingerprint density at radius 2 is 2.04 bits per heavy atom. The van der Waals surface area contributed by atoms with Crippen molar-refractivity contribution >= 4 is 5.91 Å². The van der Waals surface area contributed by atoms with E-state index < -0.39 is 6.10 Å². The molecule has 1 fully saturated rings. The minimum atomic E-state index is -0.782. The lowest BCUT2D eigenvalue weighted by molar-refractivity contribution is -0.0142. The average Bonchev–Trinajstić information content (AvgIpc) is 2.70. The Labute approximate surface area is 158 Å². The smallest absolute Gasteiger partial charge is 0.251 e. The van der Waals surface area contributed by atoms with Gasteiger partial charge < -0.3 is 25.6 Å². The highest BCUT2D eigenvalue weighted by molar-refractivity contribution is 5.94. The number of ether oxygens (including phenoxy) is 2. The summed E-state index contributed by atoms with van der Waals surface area (Å²) in [7, 11) is 0. The molecule has 0 unspecified atom stereocenters. The van der Waals surface area contributed by atoms with Crippen LogP contribution in [-0.2, 0) is 0 Å². The van der Waals surface area contributed by atoms with E-state index in [1.165, 1.54) is 0 Å². The topological polar surface area (TPSA) is 107 Å². The SMILES string of the molecule is NCCOc1ccc(C(=O)N[C@@H]2CCC[C@@H](Oc3cccnc3)[C@@H]2O)cc1.